The number of piperidine rings is 1. The van der Waals surface area contributed by atoms with Crippen molar-refractivity contribution in [3.63, 3.8) is 0 Å². The lowest BCUT2D eigenvalue weighted by atomic mass is 9.86. The highest BCUT2D eigenvalue weighted by Gasteiger charge is 2.29. The van der Waals surface area contributed by atoms with E-state index in [1.165, 1.54) is 7.11 Å². The Bertz CT molecular complexity index is 405. The number of carbonyl (C=O) groups excluding carboxylic acids is 1. The molecule has 0 unspecified atom stereocenters. The van der Waals surface area contributed by atoms with Crippen molar-refractivity contribution in [3.8, 4) is 5.75 Å². The van der Waals surface area contributed by atoms with Crippen LogP contribution in [0.5, 0.6) is 5.75 Å². The third kappa shape index (κ3) is 2.58. The Kier molecular flexibility index (Phi) is 3.64. The fraction of sp³-hybridized carbons (Fsp3) is 0.462. The molecule has 1 aliphatic heterocycles. The summed E-state index contributed by atoms with van der Waals surface area (Å²) in [4.78, 5) is 11.5. The third-order valence-corrected chi connectivity index (χ3v) is 3.27. The Hall–Kier alpha value is -1.55. The van der Waals surface area contributed by atoms with E-state index in [1.54, 1.807) is 12.1 Å². The van der Waals surface area contributed by atoms with Crippen molar-refractivity contribution in [1.29, 1.82) is 0 Å². The molecule has 2 atom stereocenters. The van der Waals surface area contributed by atoms with E-state index in [1.807, 2.05) is 12.1 Å². The highest BCUT2D eigenvalue weighted by Crippen LogP contribution is 2.33. The van der Waals surface area contributed by atoms with E-state index in [9.17, 15) is 9.90 Å². The first-order chi connectivity index (χ1) is 8.22. The van der Waals surface area contributed by atoms with Crippen molar-refractivity contribution >= 4 is 5.97 Å². The molecular formula is C13H17NO3. The molecule has 2 N–H and O–H groups in total. The van der Waals surface area contributed by atoms with Gasteiger partial charge >= 0.3 is 5.97 Å². The lowest BCUT2D eigenvalue weighted by Gasteiger charge is -2.29. The number of carbonyl (C=O) groups is 1. The summed E-state index contributed by atoms with van der Waals surface area (Å²) in [5.74, 6) is 0.287. The zero-order chi connectivity index (χ0) is 12.3. The molecule has 0 radical (unpaired) electrons. The van der Waals surface area contributed by atoms with Crippen LogP contribution >= 0.6 is 0 Å². The second-order valence-corrected chi connectivity index (χ2v) is 4.31. The molecule has 1 heterocycles. The van der Waals surface area contributed by atoms with Crippen LogP contribution in [0.4, 0.5) is 0 Å². The lowest BCUT2D eigenvalue weighted by Crippen LogP contribution is -2.43. The molecular weight excluding hydrogens is 218 g/mol. The van der Waals surface area contributed by atoms with Gasteiger partial charge in [0.1, 0.15) is 11.8 Å². The summed E-state index contributed by atoms with van der Waals surface area (Å²) in [6.07, 6.45) is 1.59. The first kappa shape index (κ1) is 11.9. The highest BCUT2D eigenvalue weighted by molar-refractivity contribution is 5.75. The topological polar surface area (TPSA) is 58.6 Å². The minimum Gasteiger partial charge on any atom is -0.508 e. The number of para-hydroxylation sites is 1. The minimum atomic E-state index is -0.265. The molecule has 17 heavy (non-hydrogen) atoms. The monoisotopic (exact) mass is 235 g/mol. The van der Waals surface area contributed by atoms with Crippen molar-refractivity contribution in [2.45, 2.75) is 24.8 Å². The van der Waals surface area contributed by atoms with Crippen LogP contribution in [0.3, 0.4) is 0 Å². The molecule has 1 aromatic carbocycles. The average molecular weight is 235 g/mol. The molecule has 1 aliphatic rings. The van der Waals surface area contributed by atoms with Crippen LogP contribution in [0.25, 0.3) is 0 Å². The molecule has 4 heteroatoms. The smallest absolute Gasteiger partial charge is 0.322 e. The van der Waals surface area contributed by atoms with Crippen LogP contribution in [0.15, 0.2) is 24.3 Å². The average Bonchev–Trinajstić information content (AvgIpc) is 2.38. The van der Waals surface area contributed by atoms with E-state index < -0.39 is 0 Å². The molecule has 1 aromatic rings. The maximum atomic E-state index is 11.5. The summed E-state index contributed by atoms with van der Waals surface area (Å²) in [7, 11) is 1.40. The Morgan fingerprint density at radius 1 is 1.47 bits per heavy atom. The summed E-state index contributed by atoms with van der Waals surface area (Å²) in [6, 6.07) is 7.05. The number of ether oxygens (including phenoxy) is 1. The molecule has 4 nitrogen and oxygen atoms in total. The van der Waals surface area contributed by atoms with Gasteiger partial charge in [-0.3, -0.25) is 4.79 Å². The second kappa shape index (κ2) is 5.19. The molecule has 92 valence electrons. The van der Waals surface area contributed by atoms with Crippen molar-refractivity contribution in [3.05, 3.63) is 29.8 Å². The summed E-state index contributed by atoms with van der Waals surface area (Å²) < 4.78 is 4.74. The number of phenols is 1. The number of benzene rings is 1. The summed E-state index contributed by atoms with van der Waals surface area (Å²) in [5, 5.41) is 12.9. The molecule has 0 aliphatic carbocycles. The van der Waals surface area contributed by atoms with Crippen molar-refractivity contribution in [1.82, 2.24) is 5.32 Å². The van der Waals surface area contributed by atoms with Gasteiger partial charge in [0.15, 0.2) is 0 Å². The van der Waals surface area contributed by atoms with Gasteiger partial charge in [0, 0.05) is 0 Å². The Morgan fingerprint density at radius 2 is 2.24 bits per heavy atom. The van der Waals surface area contributed by atoms with Gasteiger partial charge in [-0.15, -0.1) is 0 Å². The zero-order valence-electron chi connectivity index (χ0n) is 9.85. The zero-order valence-corrected chi connectivity index (χ0v) is 9.85. The largest absolute Gasteiger partial charge is 0.508 e. The number of phenolic OH excluding ortho intramolecular Hbond substituents is 1. The number of hydrogen-bond donors (Lipinski definition) is 2. The van der Waals surface area contributed by atoms with Gasteiger partial charge in [-0.2, -0.15) is 0 Å². The third-order valence-electron chi connectivity index (χ3n) is 3.27. The van der Waals surface area contributed by atoms with Crippen LogP contribution in [0, 0.1) is 0 Å². The predicted molar refractivity (Wildman–Crippen MR) is 63.9 cm³/mol. The van der Waals surface area contributed by atoms with Crippen LogP contribution in [-0.4, -0.2) is 30.8 Å². The standard InChI is InChI=1S/C13H17NO3/c1-17-13(16)11-8-9(6-7-14-11)10-4-2-3-5-12(10)15/h2-5,9,11,14-15H,6-8H2,1H3/t9-,11+/m0/s1. The Morgan fingerprint density at radius 3 is 2.94 bits per heavy atom. The normalized spacial score (nSPS) is 24.3. The molecule has 1 fully saturated rings. The second-order valence-electron chi connectivity index (χ2n) is 4.31. The number of esters is 1. The van der Waals surface area contributed by atoms with Gasteiger partial charge in [-0.1, -0.05) is 18.2 Å². The van der Waals surface area contributed by atoms with Crippen molar-refractivity contribution in [2.24, 2.45) is 0 Å². The number of methoxy groups -OCH3 is 1. The Balaban J connectivity index is 2.12. The van der Waals surface area contributed by atoms with E-state index in [0.29, 0.717) is 12.2 Å². The quantitative estimate of drug-likeness (QED) is 0.761. The van der Waals surface area contributed by atoms with Gasteiger partial charge in [0.2, 0.25) is 0 Å². The maximum Gasteiger partial charge on any atom is 0.322 e. The number of hydrogen-bond acceptors (Lipinski definition) is 4. The molecule has 0 bridgehead atoms. The van der Waals surface area contributed by atoms with E-state index in [4.69, 9.17) is 4.74 Å². The fourth-order valence-corrected chi connectivity index (χ4v) is 2.35. The fourth-order valence-electron chi connectivity index (χ4n) is 2.35. The lowest BCUT2D eigenvalue weighted by molar-refractivity contribution is -0.143. The molecule has 0 spiro atoms. The molecule has 0 amide bonds. The van der Waals surface area contributed by atoms with Crippen LogP contribution in [0.2, 0.25) is 0 Å². The number of aromatic hydroxyl groups is 1. The van der Waals surface area contributed by atoms with E-state index >= 15 is 0 Å². The molecule has 0 aromatic heterocycles. The van der Waals surface area contributed by atoms with E-state index in [2.05, 4.69) is 5.32 Å². The van der Waals surface area contributed by atoms with Gasteiger partial charge in [-0.05, 0) is 36.9 Å². The van der Waals surface area contributed by atoms with Crippen LogP contribution in [0.1, 0.15) is 24.3 Å². The minimum absolute atomic E-state index is 0.210. The summed E-state index contributed by atoms with van der Waals surface area (Å²) >= 11 is 0. The SMILES string of the molecule is COC(=O)[C@H]1C[C@@H](c2ccccc2O)CCN1. The van der Waals surface area contributed by atoms with Gasteiger partial charge in [0.25, 0.3) is 0 Å². The summed E-state index contributed by atoms with van der Waals surface area (Å²) in [5.41, 5.74) is 0.919. The van der Waals surface area contributed by atoms with Crippen LogP contribution < -0.4 is 5.32 Å². The number of nitrogens with one attached hydrogen (secondary N) is 1. The predicted octanol–water partition coefficient (Wildman–Crippen LogP) is 1.40. The van der Waals surface area contributed by atoms with Crippen molar-refractivity contribution < 1.29 is 14.6 Å². The van der Waals surface area contributed by atoms with E-state index in [-0.39, 0.29) is 17.9 Å². The molecule has 1 saturated heterocycles. The number of rotatable bonds is 2. The first-order valence-corrected chi connectivity index (χ1v) is 5.81. The highest BCUT2D eigenvalue weighted by atomic mass is 16.5. The molecule has 0 saturated carbocycles. The Labute approximate surface area is 101 Å². The van der Waals surface area contributed by atoms with Crippen molar-refractivity contribution in [2.75, 3.05) is 13.7 Å². The van der Waals surface area contributed by atoms with Crippen LogP contribution in [-0.2, 0) is 9.53 Å². The summed E-state index contributed by atoms with van der Waals surface area (Å²) in [6.45, 7) is 0.763. The molecule has 2 rings (SSSR count). The van der Waals surface area contributed by atoms with Gasteiger partial charge in [0.05, 0.1) is 7.11 Å². The maximum absolute atomic E-state index is 11.5. The van der Waals surface area contributed by atoms with Gasteiger partial charge in [-0.25, -0.2) is 0 Å². The first-order valence-electron chi connectivity index (χ1n) is 5.81. The van der Waals surface area contributed by atoms with Gasteiger partial charge < -0.3 is 15.2 Å². The van der Waals surface area contributed by atoms with E-state index in [0.717, 1.165) is 18.5 Å².